The molecular formula is C14H8Br2F2O. The van der Waals surface area contributed by atoms with Gasteiger partial charge >= 0.3 is 0 Å². The molecule has 19 heavy (non-hydrogen) atoms. The van der Waals surface area contributed by atoms with Crippen molar-refractivity contribution in [2.45, 2.75) is 6.42 Å². The normalized spacial score (nSPS) is 10.5. The van der Waals surface area contributed by atoms with Crippen LogP contribution in [0.15, 0.2) is 45.3 Å². The standard InChI is InChI=1S/C14H8Br2F2O/c15-10-4-9(5-11(17)7-10)13(19)6-8-2-1-3-12(18)14(8)16/h1-5,7H,6H2. The number of halogens is 4. The van der Waals surface area contributed by atoms with Gasteiger partial charge in [0.15, 0.2) is 5.78 Å². The fraction of sp³-hybridized carbons (Fsp3) is 0.0714. The largest absolute Gasteiger partial charge is 0.294 e. The van der Waals surface area contributed by atoms with Crippen molar-refractivity contribution in [3.8, 4) is 0 Å². The van der Waals surface area contributed by atoms with Gasteiger partial charge in [0.1, 0.15) is 11.6 Å². The molecule has 0 fully saturated rings. The van der Waals surface area contributed by atoms with E-state index in [0.29, 0.717) is 10.0 Å². The Morgan fingerprint density at radius 3 is 2.53 bits per heavy atom. The Balaban J connectivity index is 2.28. The number of hydrogen-bond donors (Lipinski definition) is 0. The van der Waals surface area contributed by atoms with Crippen molar-refractivity contribution in [2.24, 2.45) is 0 Å². The SMILES string of the molecule is O=C(Cc1cccc(F)c1Br)c1cc(F)cc(Br)c1. The smallest absolute Gasteiger partial charge is 0.167 e. The molecule has 0 spiro atoms. The number of Topliss-reactive ketones (excluding diaryl/α,β-unsaturated/α-hetero) is 1. The van der Waals surface area contributed by atoms with Crippen LogP contribution >= 0.6 is 31.9 Å². The maximum Gasteiger partial charge on any atom is 0.167 e. The van der Waals surface area contributed by atoms with Crippen LogP contribution in [0.4, 0.5) is 8.78 Å². The van der Waals surface area contributed by atoms with E-state index < -0.39 is 11.6 Å². The first-order valence-corrected chi connectivity index (χ1v) is 6.98. The molecule has 2 aromatic rings. The van der Waals surface area contributed by atoms with Gasteiger partial charge in [-0.25, -0.2) is 8.78 Å². The summed E-state index contributed by atoms with van der Waals surface area (Å²) in [6, 6.07) is 8.47. The summed E-state index contributed by atoms with van der Waals surface area (Å²) in [6.45, 7) is 0. The van der Waals surface area contributed by atoms with Crippen LogP contribution in [0.3, 0.4) is 0 Å². The van der Waals surface area contributed by atoms with Crippen molar-refractivity contribution < 1.29 is 13.6 Å². The summed E-state index contributed by atoms with van der Waals surface area (Å²) in [5.41, 5.74) is 0.786. The minimum atomic E-state index is -0.490. The Hall–Kier alpha value is -1.07. The van der Waals surface area contributed by atoms with Crippen LogP contribution in [0.5, 0.6) is 0 Å². The molecule has 0 saturated heterocycles. The fourth-order valence-electron chi connectivity index (χ4n) is 1.67. The van der Waals surface area contributed by atoms with Gasteiger partial charge in [0.05, 0.1) is 4.47 Å². The second kappa shape index (κ2) is 5.92. The van der Waals surface area contributed by atoms with Gasteiger partial charge in [-0.2, -0.15) is 0 Å². The van der Waals surface area contributed by atoms with Crippen LogP contribution in [-0.2, 0) is 6.42 Å². The minimum Gasteiger partial charge on any atom is -0.294 e. The molecule has 0 bridgehead atoms. The highest BCUT2D eigenvalue weighted by Crippen LogP contribution is 2.23. The zero-order chi connectivity index (χ0) is 14.0. The average Bonchev–Trinajstić information content (AvgIpc) is 2.33. The van der Waals surface area contributed by atoms with Crippen molar-refractivity contribution in [1.82, 2.24) is 0 Å². The predicted octanol–water partition coefficient (Wildman–Crippen LogP) is 4.92. The first kappa shape index (κ1) is 14.3. The van der Waals surface area contributed by atoms with Gasteiger partial charge in [-0.15, -0.1) is 0 Å². The first-order valence-electron chi connectivity index (χ1n) is 5.39. The van der Waals surface area contributed by atoms with E-state index in [4.69, 9.17) is 0 Å². The molecule has 0 saturated carbocycles. The highest BCUT2D eigenvalue weighted by molar-refractivity contribution is 9.10. The number of carbonyl (C=O) groups is 1. The van der Waals surface area contributed by atoms with Crippen LogP contribution in [-0.4, -0.2) is 5.78 Å². The number of benzene rings is 2. The van der Waals surface area contributed by atoms with Gasteiger partial charge in [-0.1, -0.05) is 28.1 Å². The van der Waals surface area contributed by atoms with E-state index in [-0.39, 0.29) is 22.2 Å². The Morgan fingerprint density at radius 2 is 1.84 bits per heavy atom. The molecule has 0 aliphatic carbocycles. The Morgan fingerprint density at radius 1 is 1.11 bits per heavy atom. The molecule has 0 unspecified atom stereocenters. The maximum atomic E-state index is 13.3. The van der Waals surface area contributed by atoms with Gasteiger partial charge in [0.2, 0.25) is 0 Å². The molecule has 0 heterocycles. The summed E-state index contributed by atoms with van der Waals surface area (Å²) in [7, 11) is 0. The molecule has 0 radical (unpaired) electrons. The lowest BCUT2D eigenvalue weighted by Crippen LogP contribution is -2.05. The fourth-order valence-corrected chi connectivity index (χ4v) is 2.54. The molecule has 2 aromatic carbocycles. The molecule has 2 rings (SSSR count). The second-order valence-corrected chi connectivity index (χ2v) is 5.68. The van der Waals surface area contributed by atoms with Crippen LogP contribution in [0.2, 0.25) is 0 Å². The monoisotopic (exact) mass is 388 g/mol. The number of rotatable bonds is 3. The highest BCUT2D eigenvalue weighted by Gasteiger charge is 2.13. The summed E-state index contributed by atoms with van der Waals surface area (Å²) >= 11 is 6.23. The zero-order valence-corrected chi connectivity index (χ0v) is 12.8. The molecule has 0 amide bonds. The molecule has 0 atom stereocenters. The molecule has 0 aliphatic rings. The van der Waals surface area contributed by atoms with E-state index in [1.807, 2.05) is 0 Å². The third kappa shape index (κ3) is 3.48. The van der Waals surface area contributed by atoms with E-state index in [1.165, 1.54) is 24.3 Å². The Bertz CT molecular complexity index is 621. The summed E-state index contributed by atoms with van der Waals surface area (Å²) in [4.78, 5) is 12.1. The van der Waals surface area contributed by atoms with Crippen molar-refractivity contribution in [2.75, 3.05) is 0 Å². The lowest BCUT2D eigenvalue weighted by molar-refractivity contribution is 0.0992. The summed E-state index contributed by atoms with van der Waals surface area (Å²) in [6.07, 6.45) is 0.00817. The topological polar surface area (TPSA) is 17.1 Å². The van der Waals surface area contributed by atoms with Crippen LogP contribution in [0.25, 0.3) is 0 Å². The zero-order valence-electron chi connectivity index (χ0n) is 9.59. The average molecular weight is 390 g/mol. The number of hydrogen-bond acceptors (Lipinski definition) is 1. The number of carbonyl (C=O) groups excluding carboxylic acids is 1. The van der Waals surface area contributed by atoms with E-state index >= 15 is 0 Å². The molecule has 5 heteroatoms. The van der Waals surface area contributed by atoms with E-state index in [0.717, 1.165) is 0 Å². The number of ketones is 1. The lowest BCUT2D eigenvalue weighted by atomic mass is 10.0. The van der Waals surface area contributed by atoms with Crippen molar-refractivity contribution in [3.63, 3.8) is 0 Å². The third-order valence-corrected chi connectivity index (χ3v) is 3.91. The molecular weight excluding hydrogens is 382 g/mol. The Kier molecular flexibility index (Phi) is 4.47. The highest BCUT2D eigenvalue weighted by atomic mass is 79.9. The molecule has 1 nitrogen and oxygen atoms in total. The van der Waals surface area contributed by atoms with Crippen molar-refractivity contribution in [1.29, 1.82) is 0 Å². The second-order valence-electron chi connectivity index (χ2n) is 3.97. The lowest BCUT2D eigenvalue weighted by Gasteiger charge is -2.05. The van der Waals surface area contributed by atoms with Gasteiger partial charge < -0.3 is 0 Å². The maximum absolute atomic E-state index is 13.3. The summed E-state index contributed by atoms with van der Waals surface area (Å²) in [5, 5.41) is 0. The summed E-state index contributed by atoms with van der Waals surface area (Å²) in [5.74, 6) is -1.19. The van der Waals surface area contributed by atoms with E-state index in [9.17, 15) is 13.6 Å². The van der Waals surface area contributed by atoms with E-state index in [2.05, 4.69) is 31.9 Å². The minimum absolute atomic E-state index is 0.00817. The van der Waals surface area contributed by atoms with Crippen molar-refractivity contribution >= 4 is 37.6 Å². The molecule has 0 N–H and O–H groups in total. The third-order valence-electron chi connectivity index (χ3n) is 2.57. The van der Waals surface area contributed by atoms with Crippen LogP contribution in [0.1, 0.15) is 15.9 Å². The predicted molar refractivity (Wildman–Crippen MR) is 76.2 cm³/mol. The van der Waals surface area contributed by atoms with Crippen LogP contribution in [0, 0.1) is 11.6 Å². The molecule has 98 valence electrons. The van der Waals surface area contributed by atoms with Crippen LogP contribution < -0.4 is 0 Å². The summed E-state index contributed by atoms with van der Waals surface area (Å²) < 4.78 is 27.3. The van der Waals surface area contributed by atoms with Gasteiger partial charge in [-0.05, 0) is 45.8 Å². The quantitative estimate of drug-likeness (QED) is 0.681. The van der Waals surface area contributed by atoms with Crippen molar-refractivity contribution in [3.05, 3.63) is 68.1 Å². The van der Waals surface area contributed by atoms with Gasteiger partial charge in [-0.3, -0.25) is 4.79 Å². The Labute approximate surface area is 125 Å². The molecule has 0 aromatic heterocycles. The van der Waals surface area contributed by atoms with E-state index in [1.54, 1.807) is 12.1 Å². The first-order chi connectivity index (χ1) is 8.97. The van der Waals surface area contributed by atoms with Gasteiger partial charge in [0.25, 0.3) is 0 Å². The van der Waals surface area contributed by atoms with Gasteiger partial charge in [0, 0.05) is 16.5 Å². The molecule has 0 aliphatic heterocycles.